The van der Waals surface area contributed by atoms with E-state index in [1.807, 2.05) is 5.92 Å². The molecule has 0 fully saturated rings. The Balaban J connectivity index is 4.14. The van der Waals surface area contributed by atoms with Gasteiger partial charge < -0.3 is 0 Å². The van der Waals surface area contributed by atoms with Gasteiger partial charge in [-0.2, -0.15) is 30.7 Å². The molecule has 0 N–H and O–H groups in total. The third kappa shape index (κ3) is 3.01. The van der Waals surface area contributed by atoms with Crippen LogP contribution in [0.5, 0.6) is 0 Å². The van der Waals surface area contributed by atoms with Crippen molar-refractivity contribution in [3.63, 3.8) is 0 Å². The molecule has 0 amide bonds. The molecule has 0 radical (unpaired) electrons. The molecule has 24 heavy (non-hydrogen) atoms. The van der Waals surface area contributed by atoms with Gasteiger partial charge in [-0.25, -0.2) is 13.8 Å². The molecule has 0 unspecified atom stereocenters. The molecular weight excluding hydrogens is 353 g/mol. The van der Waals surface area contributed by atoms with Crippen LogP contribution in [0.25, 0.3) is 0 Å². The number of pyridine rings is 1. The Labute approximate surface area is 129 Å². The molecule has 130 valence electrons. The van der Waals surface area contributed by atoms with Crippen LogP contribution in [0, 0.1) is 35.4 Å². The Morgan fingerprint density at radius 2 is 1.25 bits per heavy atom. The summed E-state index contributed by atoms with van der Waals surface area (Å²) in [4.78, 5) is 2.80. The van der Waals surface area contributed by atoms with Gasteiger partial charge in [-0.05, 0) is 19.8 Å². The van der Waals surface area contributed by atoms with Crippen LogP contribution in [0.1, 0.15) is 30.7 Å². The van der Waals surface area contributed by atoms with Gasteiger partial charge in [-0.3, -0.25) is 0 Å². The molecule has 0 aliphatic carbocycles. The molecule has 1 heterocycles. The van der Waals surface area contributed by atoms with E-state index in [0.717, 1.165) is 13.8 Å². The second kappa shape index (κ2) is 6.27. The standard InChI is InChI=1S/C14H6F9N/c1-3-5-7-9(10(15)8(6-4-2)24-11(7)16)12(17,13(18,19)20)14(21,22)23/h1-2H3. The van der Waals surface area contributed by atoms with Crippen molar-refractivity contribution in [2.45, 2.75) is 31.9 Å². The summed E-state index contributed by atoms with van der Waals surface area (Å²) in [6.45, 7) is 1.96. The van der Waals surface area contributed by atoms with Crippen molar-refractivity contribution in [2.24, 2.45) is 0 Å². The molecule has 1 rings (SSSR count). The van der Waals surface area contributed by atoms with Crippen LogP contribution in [0.3, 0.4) is 0 Å². The van der Waals surface area contributed by atoms with Gasteiger partial charge in [-0.15, -0.1) is 5.92 Å². The Hall–Kier alpha value is -2.36. The first kappa shape index (κ1) is 19.7. The third-order valence-electron chi connectivity index (χ3n) is 2.71. The summed E-state index contributed by atoms with van der Waals surface area (Å²) in [6.07, 6.45) is -13.3. The summed E-state index contributed by atoms with van der Waals surface area (Å²) < 4.78 is 119. The first-order chi connectivity index (χ1) is 10.8. The summed E-state index contributed by atoms with van der Waals surface area (Å²) in [5.41, 5.74) is -12.0. The molecule has 0 aliphatic heterocycles. The lowest BCUT2D eigenvalue weighted by Gasteiger charge is -2.31. The quantitative estimate of drug-likeness (QED) is 0.412. The number of alkyl halides is 7. The number of nitrogens with zero attached hydrogens (tertiary/aromatic N) is 1. The van der Waals surface area contributed by atoms with E-state index in [4.69, 9.17) is 0 Å². The predicted molar refractivity (Wildman–Crippen MR) is 64.2 cm³/mol. The summed E-state index contributed by atoms with van der Waals surface area (Å²) in [5, 5.41) is 0. The largest absolute Gasteiger partial charge is 0.436 e. The first-order valence-electron chi connectivity index (χ1n) is 5.90. The molecule has 0 saturated heterocycles. The number of rotatable bonds is 1. The van der Waals surface area contributed by atoms with Crippen molar-refractivity contribution < 1.29 is 39.5 Å². The Kier molecular flexibility index (Phi) is 5.14. The minimum Gasteiger partial charge on any atom is -0.218 e. The van der Waals surface area contributed by atoms with Gasteiger partial charge in [0.25, 0.3) is 0 Å². The average molecular weight is 359 g/mol. The molecule has 10 heteroatoms. The van der Waals surface area contributed by atoms with Crippen molar-refractivity contribution >= 4 is 0 Å². The van der Waals surface area contributed by atoms with E-state index in [-0.39, 0.29) is 0 Å². The van der Waals surface area contributed by atoms with E-state index in [9.17, 15) is 39.5 Å². The highest BCUT2D eigenvalue weighted by Crippen LogP contribution is 2.54. The number of halogens is 9. The fourth-order valence-electron chi connectivity index (χ4n) is 1.74. The minimum absolute atomic E-state index is 0.919. The molecule has 1 nitrogen and oxygen atoms in total. The second-order valence-corrected chi connectivity index (χ2v) is 4.22. The Bertz CT molecular complexity index is 752. The molecule has 0 spiro atoms. The van der Waals surface area contributed by atoms with E-state index in [2.05, 4.69) is 4.98 Å². The van der Waals surface area contributed by atoms with Crippen LogP contribution in [-0.4, -0.2) is 17.3 Å². The van der Waals surface area contributed by atoms with E-state index >= 15 is 0 Å². The zero-order chi connectivity index (χ0) is 18.9. The number of hydrogen-bond donors (Lipinski definition) is 0. The van der Waals surface area contributed by atoms with Gasteiger partial charge in [0.2, 0.25) is 5.95 Å². The normalized spacial score (nSPS) is 12.1. The van der Waals surface area contributed by atoms with Crippen LogP contribution in [0.2, 0.25) is 0 Å². The smallest absolute Gasteiger partial charge is 0.218 e. The zero-order valence-electron chi connectivity index (χ0n) is 11.8. The van der Waals surface area contributed by atoms with Gasteiger partial charge in [-0.1, -0.05) is 11.8 Å². The lowest BCUT2D eigenvalue weighted by Crippen LogP contribution is -2.51. The maximum absolute atomic E-state index is 14.2. The first-order valence-corrected chi connectivity index (χ1v) is 5.90. The van der Waals surface area contributed by atoms with Gasteiger partial charge in [0.05, 0.1) is 11.1 Å². The molecular formula is C14H6F9N. The topological polar surface area (TPSA) is 12.9 Å². The highest BCUT2D eigenvalue weighted by Gasteiger charge is 2.75. The molecule has 0 bridgehead atoms. The van der Waals surface area contributed by atoms with Crippen molar-refractivity contribution in [3.05, 3.63) is 28.6 Å². The lowest BCUT2D eigenvalue weighted by atomic mass is 9.89. The SMILES string of the molecule is CC#Cc1nc(F)c(C#CC)c(C(F)(C(F)(F)F)C(F)(F)F)c1F. The molecule has 1 aromatic rings. The lowest BCUT2D eigenvalue weighted by molar-refractivity contribution is -0.349. The number of aromatic nitrogens is 1. The molecule has 0 aliphatic rings. The predicted octanol–water partition coefficient (Wildman–Crippen LogP) is 4.39. The Morgan fingerprint density at radius 3 is 1.62 bits per heavy atom. The second-order valence-electron chi connectivity index (χ2n) is 4.22. The maximum Gasteiger partial charge on any atom is 0.436 e. The maximum atomic E-state index is 14.2. The Morgan fingerprint density at radius 1 is 0.792 bits per heavy atom. The highest BCUT2D eigenvalue weighted by molar-refractivity contribution is 5.49. The molecule has 0 aromatic carbocycles. The zero-order valence-corrected chi connectivity index (χ0v) is 11.8. The van der Waals surface area contributed by atoms with Crippen LogP contribution in [0.15, 0.2) is 0 Å². The highest BCUT2D eigenvalue weighted by atomic mass is 19.4. The van der Waals surface area contributed by atoms with Gasteiger partial charge in [0.15, 0.2) is 11.5 Å². The van der Waals surface area contributed by atoms with Gasteiger partial charge in [0.1, 0.15) is 0 Å². The summed E-state index contributed by atoms with van der Waals surface area (Å²) in [7, 11) is 0. The monoisotopic (exact) mass is 359 g/mol. The van der Waals surface area contributed by atoms with Crippen molar-refractivity contribution in [2.75, 3.05) is 0 Å². The fraction of sp³-hybridized carbons (Fsp3) is 0.357. The van der Waals surface area contributed by atoms with E-state index < -0.39 is 46.6 Å². The van der Waals surface area contributed by atoms with E-state index in [1.54, 1.807) is 11.8 Å². The van der Waals surface area contributed by atoms with Gasteiger partial charge in [0, 0.05) is 0 Å². The van der Waals surface area contributed by atoms with Crippen LogP contribution >= 0.6 is 0 Å². The van der Waals surface area contributed by atoms with Gasteiger partial charge >= 0.3 is 18.0 Å². The van der Waals surface area contributed by atoms with Crippen molar-refractivity contribution in [1.29, 1.82) is 0 Å². The average Bonchev–Trinajstić information content (AvgIpc) is 2.42. The van der Waals surface area contributed by atoms with Crippen molar-refractivity contribution in [3.8, 4) is 23.7 Å². The summed E-state index contributed by atoms with van der Waals surface area (Å²) in [6, 6.07) is 0. The third-order valence-corrected chi connectivity index (χ3v) is 2.71. The molecule has 0 atom stereocenters. The van der Waals surface area contributed by atoms with Crippen molar-refractivity contribution in [1.82, 2.24) is 4.98 Å². The molecule has 0 saturated carbocycles. The van der Waals surface area contributed by atoms with Crippen LogP contribution in [-0.2, 0) is 5.67 Å². The molecule has 1 aromatic heterocycles. The number of hydrogen-bond acceptors (Lipinski definition) is 1. The minimum atomic E-state index is -6.64. The fourth-order valence-corrected chi connectivity index (χ4v) is 1.74. The van der Waals surface area contributed by atoms with Crippen LogP contribution < -0.4 is 0 Å². The summed E-state index contributed by atoms with van der Waals surface area (Å²) >= 11 is 0. The summed E-state index contributed by atoms with van der Waals surface area (Å²) in [5.74, 6) is 2.47. The van der Waals surface area contributed by atoms with E-state index in [1.165, 1.54) is 5.92 Å². The van der Waals surface area contributed by atoms with Crippen LogP contribution in [0.4, 0.5) is 39.5 Å². The van der Waals surface area contributed by atoms with E-state index in [0.29, 0.717) is 0 Å².